The lowest BCUT2D eigenvalue weighted by molar-refractivity contribution is -0.127. The van der Waals surface area contributed by atoms with Crippen molar-refractivity contribution in [2.75, 3.05) is 37.3 Å². The van der Waals surface area contributed by atoms with Crippen LogP contribution in [0.2, 0.25) is 0 Å². The van der Waals surface area contributed by atoms with Crippen LogP contribution in [0.25, 0.3) is 10.9 Å². The van der Waals surface area contributed by atoms with Crippen molar-refractivity contribution in [3.8, 4) is 0 Å². The van der Waals surface area contributed by atoms with Gasteiger partial charge in [-0.05, 0) is 40.5 Å². The van der Waals surface area contributed by atoms with E-state index in [9.17, 15) is 4.79 Å². The number of nitrogen functional groups attached to an aromatic ring is 1. The van der Waals surface area contributed by atoms with E-state index in [1.165, 1.54) is 0 Å². The quantitative estimate of drug-likeness (QED) is 0.803. The minimum atomic E-state index is 0.134. The van der Waals surface area contributed by atoms with Crippen molar-refractivity contribution >= 4 is 44.1 Å². The predicted molar refractivity (Wildman–Crippen MR) is 88.3 cm³/mol. The van der Waals surface area contributed by atoms with Gasteiger partial charge in [-0.15, -0.1) is 0 Å². The van der Waals surface area contributed by atoms with Crippen LogP contribution >= 0.6 is 15.9 Å². The molecule has 1 aliphatic rings. The number of amides is 1. The van der Waals surface area contributed by atoms with Crippen molar-refractivity contribution in [1.29, 1.82) is 0 Å². The van der Waals surface area contributed by atoms with Gasteiger partial charge < -0.3 is 15.5 Å². The number of nitrogens with two attached hydrogens (primary N) is 1. The number of hydrogen-bond acceptors (Lipinski definition) is 4. The van der Waals surface area contributed by atoms with Gasteiger partial charge in [-0.1, -0.05) is 0 Å². The SMILES string of the molecule is CN1CCCN(c2ccc(N)c3cc(Br)cnc23)CC1=O. The lowest BCUT2D eigenvalue weighted by Gasteiger charge is -2.23. The van der Waals surface area contributed by atoms with E-state index in [2.05, 4.69) is 25.8 Å². The first-order valence-corrected chi connectivity index (χ1v) is 7.68. The summed E-state index contributed by atoms with van der Waals surface area (Å²) in [6, 6.07) is 5.80. The number of halogens is 1. The van der Waals surface area contributed by atoms with Crippen LogP contribution < -0.4 is 10.6 Å². The molecule has 0 bridgehead atoms. The van der Waals surface area contributed by atoms with Crippen LogP contribution in [0, 0.1) is 0 Å². The van der Waals surface area contributed by atoms with Gasteiger partial charge in [0.15, 0.2) is 0 Å². The fourth-order valence-electron chi connectivity index (χ4n) is 2.65. The van der Waals surface area contributed by atoms with Crippen molar-refractivity contribution in [2.45, 2.75) is 6.42 Å². The van der Waals surface area contributed by atoms with Crippen LogP contribution in [-0.2, 0) is 4.79 Å². The molecule has 0 aliphatic carbocycles. The Kier molecular flexibility index (Phi) is 3.71. The average Bonchev–Trinajstić information content (AvgIpc) is 2.62. The molecule has 6 heteroatoms. The topological polar surface area (TPSA) is 62.5 Å². The van der Waals surface area contributed by atoms with E-state index in [1.54, 1.807) is 11.1 Å². The molecule has 1 aromatic carbocycles. The van der Waals surface area contributed by atoms with Crippen LogP contribution in [0.15, 0.2) is 28.9 Å². The van der Waals surface area contributed by atoms with Gasteiger partial charge in [0.25, 0.3) is 0 Å². The second-order valence-corrected chi connectivity index (χ2v) is 6.23. The summed E-state index contributed by atoms with van der Waals surface area (Å²) in [7, 11) is 1.85. The number of aromatic nitrogens is 1. The van der Waals surface area contributed by atoms with Crippen molar-refractivity contribution in [3.63, 3.8) is 0 Å². The number of nitrogens with zero attached hydrogens (tertiary/aromatic N) is 3. The van der Waals surface area contributed by atoms with Crippen LogP contribution in [0.4, 0.5) is 11.4 Å². The normalized spacial score (nSPS) is 16.4. The van der Waals surface area contributed by atoms with Crippen LogP contribution in [0.1, 0.15) is 6.42 Å². The first-order valence-electron chi connectivity index (χ1n) is 6.89. The van der Waals surface area contributed by atoms with Gasteiger partial charge >= 0.3 is 0 Å². The van der Waals surface area contributed by atoms with E-state index in [4.69, 9.17) is 5.73 Å². The Morgan fingerprint density at radius 1 is 1.33 bits per heavy atom. The molecule has 0 unspecified atom stereocenters. The highest BCUT2D eigenvalue weighted by atomic mass is 79.9. The third kappa shape index (κ3) is 2.68. The number of anilines is 2. The molecule has 110 valence electrons. The van der Waals surface area contributed by atoms with Crippen LogP contribution in [0.5, 0.6) is 0 Å². The van der Waals surface area contributed by atoms with Crippen molar-refractivity contribution in [2.24, 2.45) is 0 Å². The first kappa shape index (κ1) is 14.1. The Morgan fingerprint density at radius 3 is 2.95 bits per heavy atom. The summed E-state index contributed by atoms with van der Waals surface area (Å²) < 4.78 is 0.894. The maximum atomic E-state index is 12.1. The molecule has 0 spiro atoms. The van der Waals surface area contributed by atoms with Gasteiger partial charge in [-0.2, -0.15) is 0 Å². The molecule has 0 atom stereocenters. The molecule has 1 amide bonds. The average molecular weight is 349 g/mol. The van der Waals surface area contributed by atoms with E-state index >= 15 is 0 Å². The zero-order chi connectivity index (χ0) is 15.0. The van der Waals surface area contributed by atoms with E-state index in [0.717, 1.165) is 40.6 Å². The summed E-state index contributed by atoms with van der Waals surface area (Å²) in [5.74, 6) is 0.134. The minimum absolute atomic E-state index is 0.134. The highest BCUT2D eigenvalue weighted by molar-refractivity contribution is 9.10. The van der Waals surface area contributed by atoms with Crippen molar-refractivity contribution < 1.29 is 4.79 Å². The van der Waals surface area contributed by atoms with Crippen molar-refractivity contribution in [3.05, 3.63) is 28.9 Å². The zero-order valence-electron chi connectivity index (χ0n) is 11.8. The molecule has 21 heavy (non-hydrogen) atoms. The number of pyridine rings is 1. The molecule has 3 rings (SSSR count). The molecule has 2 N–H and O–H groups in total. The second-order valence-electron chi connectivity index (χ2n) is 5.31. The van der Waals surface area contributed by atoms with Gasteiger partial charge in [-0.25, -0.2) is 0 Å². The summed E-state index contributed by atoms with van der Waals surface area (Å²) in [6.45, 7) is 2.02. The molecule has 1 saturated heterocycles. The molecule has 2 heterocycles. The Hall–Kier alpha value is -1.82. The number of benzene rings is 1. The monoisotopic (exact) mass is 348 g/mol. The third-order valence-electron chi connectivity index (χ3n) is 3.84. The summed E-state index contributed by atoms with van der Waals surface area (Å²) in [6.07, 6.45) is 2.71. The Labute approximate surface area is 131 Å². The Bertz CT molecular complexity index is 703. The molecule has 2 aromatic rings. The van der Waals surface area contributed by atoms with Crippen LogP contribution in [-0.4, -0.2) is 42.5 Å². The van der Waals surface area contributed by atoms with E-state index in [0.29, 0.717) is 12.2 Å². The van der Waals surface area contributed by atoms with Gasteiger partial charge in [0.1, 0.15) is 0 Å². The number of hydrogen-bond donors (Lipinski definition) is 1. The molecular formula is C15H17BrN4O. The molecule has 1 aliphatic heterocycles. The standard InChI is InChI=1S/C15H17BrN4O/c1-19-5-2-6-20(9-14(19)21)13-4-3-12(17)11-7-10(16)8-18-15(11)13/h3-4,7-8H,2,5-6,9,17H2,1H3. The Morgan fingerprint density at radius 2 is 2.14 bits per heavy atom. The summed E-state index contributed by atoms with van der Waals surface area (Å²) in [5, 5.41) is 0.909. The maximum Gasteiger partial charge on any atom is 0.241 e. The van der Waals surface area contributed by atoms with E-state index in [1.807, 2.05) is 25.2 Å². The molecule has 1 fully saturated rings. The van der Waals surface area contributed by atoms with E-state index < -0.39 is 0 Å². The lowest BCUT2D eigenvalue weighted by atomic mass is 10.1. The lowest BCUT2D eigenvalue weighted by Crippen LogP contribution is -2.34. The number of carbonyl (C=O) groups excluding carboxylic acids is 1. The highest BCUT2D eigenvalue weighted by Gasteiger charge is 2.21. The highest BCUT2D eigenvalue weighted by Crippen LogP contribution is 2.31. The summed E-state index contributed by atoms with van der Waals surface area (Å²) in [5.41, 5.74) is 8.56. The first-order chi connectivity index (χ1) is 10.1. The smallest absolute Gasteiger partial charge is 0.241 e. The number of carbonyl (C=O) groups is 1. The molecule has 5 nitrogen and oxygen atoms in total. The van der Waals surface area contributed by atoms with E-state index in [-0.39, 0.29) is 5.91 Å². The number of rotatable bonds is 1. The molecule has 0 saturated carbocycles. The fourth-order valence-corrected chi connectivity index (χ4v) is 2.98. The third-order valence-corrected chi connectivity index (χ3v) is 4.28. The second kappa shape index (κ2) is 5.52. The molecule has 0 radical (unpaired) electrons. The number of fused-ring (bicyclic) bond motifs is 1. The van der Waals surface area contributed by atoms with Crippen LogP contribution in [0.3, 0.4) is 0 Å². The number of likely N-dealkylation sites (N-methyl/N-ethyl adjacent to an activating group) is 1. The maximum absolute atomic E-state index is 12.1. The van der Waals surface area contributed by atoms with Gasteiger partial charge in [0, 0.05) is 41.9 Å². The minimum Gasteiger partial charge on any atom is -0.398 e. The fraction of sp³-hybridized carbons (Fsp3) is 0.333. The Balaban J connectivity index is 2.08. The van der Waals surface area contributed by atoms with Gasteiger partial charge in [0.05, 0.1) is 17.7 Å². The van der Waals surface area contributed by atoms with Gasteiger partial charge in [-0.3, -0.25) is 9.78 Å². The molecular weight excluding hydrogens is 332 g/mol. The largest absolute Gasteiger partial charge is 0.398 e. The van der Waals surface area contributed by atoms with Crippen molar-refractivity contribution in [1.82, 2.24) is 9.88 Å². The summed E-state index contributed by atoms with van der Waals surface area (Å²) >= 11 is 3.42. The van der Waals surface area contributed by atoms with Gasteiger partial charge in [0.2, 0.25) is 5.91 Å². The summed E-state index contributed by atoms with van der Waals surface area (Å²) in [4.78, 5) is 20.5. The molecule has 1 aromatic heterocycles. The zero-order valence-corrected chi connectivity index (χ0v) is 13.4. The predicted octanol–water partition coefficient (Wildman–Crippen LogP) is 2.25.